The third-order valence-electron chi connectivity index (χ3n) is 7.27. The maximum atomic E-state index is 13.4. The van der Waals surface area contributed by atoms with Crippen LogP contribution in [0.15, 0.2) is 35.9 Å². The van der Waals surface area contributed by atoms with Gasteiger partial charge in [-0.15, -0.1) is 0 Å². The van der Waals surface area contributed by atoms with Crippen LogP contribution in [0.1, 0.15) is 25.3 Å². The van der Waals surface area contributed by atoms with Gasteiger partial charge in [0.1, 0.15) is 0 Å². The van der Waals surface area contributed by atoms with Crippen LogP contribution in [0, 0.1) is 11.8 Å². The lowest BCUT2D eigenvalue weighted by molar-refractivity contribution is -0.124. The number of amides is 1. The van der Waals surface area contributed by atoms with E-state index in [0.29, 0.717) is 12.0 Å². The van der Waals surface area contributed by atoms with Gasteiger partial charge in [0, 0.05) is 43.9 Å². The van der Waals surface area contributed by atoms with Crippen LogP contribution in [0.5, 0.6) is 0 Å². The first kappa shape index (κ1) is 14.7. The fraction of sp³-hybridized carbons (Fsp3) is 0.550. The van der Waals surface area contributed by atoms with Crippen LogP contribution >= 0.6 is 0 Å². The second-order valence-electron chi connectivity index (χ2n) is 7.86. The van der Waals surface area contributed by atoms with Gasteiger partial charge >= 0.3 is 0 Å². The molecule has 126 valence electrons. The van der Waals surface area contributed by atoms with E-state index in [9.17, 15) is 9.90 Å². The predicted octanol–water partition coefficient (Wildman–Crippen LogP) is 1.93. The lowest BCUT2D eigenvalue weighted by atomic mass is 9.69. The number of hydrogen-bond donors (Lipinski definition) is 1. The van der Waals surface area contributed by atoms with Gasteiger partial charge in [-0.2, -0.15) is 0 Å². The molecule has 6 rings (SSSR count). The van der Waals surface area contributed by atoms with Crippen LogP contribution in [0.25, 0.3) is 0 Å². The van der Waals surface area contributed by atoms with E-state index in [1.807, 2.05) is 18.0 Å². The standard InChI is InChI=1S/C20H24N2O2/c1-3-12-10-22-17-9-20(18(22)8-13(12)14(17)11-23)15-6-4-5-7-16(15)21(2)19(20)24/h3-7,13-14,17-18,23H,8-11H2,1-2H3/b12-3+/t13-,14+,17-,18-,20-/m0/s1. The summed E-state index contributed by atoms with van der Waals surface area (Å²) in [5.74, 6) is 0.958. The fourth-order valence-corrected chi connectivity index (χ4v) is 6.24. The molecule has 1 amide bonds. The largest absolute Gasteiger partial charge is 0.396 e. The van der Waals surface area contributed by atoms with Crippen molar-refractivity contribution >= 4 is 11.6 Å². The average Bonchev–Trinajstić information content (AvgIpc) is 3.00. The maximum absolute atomic E-state index is 13.4. The molecule has 0 saturated carbocycles. The Bertz CT molecular complexity index is 758. The van der Waals surface area contributed by atoms with Gasteiger partial charge in [0.05, 0.1) is 5.41 Å². The SMILES string of the molecule is C/C=C1\CN2[C@H]3C[C@@H]1[C@@H](CO)[C@@H]2C[C@@]31C(=O)N(C)c2ccccc21. The van der Waals surface area contributed by atoms with Crippen molar-refractivity contribution < 1.29 is 9.90 Å². The minimum Gasteiger partial charge on any atom is -0.396 e. The third-order valence-corrected chi connectivity index (χ3v) is 7.27. The van der Waals surface area contributed by atoms with E-state index in [-0.39, 0.29) is 24.5 Å². The molecule has 4 nitrogen and oxygen atoms in total. The molecule has 1 aromatic carbocycles. The molecule has 1 unspecified atom stereocenters. The van der Waals surface area contributed by atoms with E-state index in [0.717, 1.165) is 25.1 Å². The zero-order valence-electron chi connectivity index (χ0n) is 14.3. The van der Waals surface area contributed by atoms with Crippen LogP contribution in [-0.2, 0) is 10.2 Å². The van der Waals surface area contributed by atoms with Gasteiger partial charge in [0.25, 0.3) is 0 Å². The van der Waals surface area contributed by atoms with Crippen LogP contribution in [0.3, 0.4) is 0 Å². The molecule has 24 heavy (non-hydrogen) atoms. The summed E-state index contributed by atoms with van der Waals surface area (Å²) in [6.45, 7) is 3.29. The highest BCUT2D eigenvalue weighted by Crippen LogP contribution is 2.61. The highest BCUT2D eigenvalue weighted by Gasteiger charge is 2.68. The molecule has 4 saturated heterocycles. The molecule has 5 heterocycles. The number of likely N-dealkylation sites (N-methyl/N-ethyl adjacent to an activating group) is 1. The van der Waals surface area contributed by atoms with Crippen LogP contribution in [0.2, 0.25) is 0 Å². The topological polar surface area (TPSA) is 43.8 Å². The number of rotatable bonds is 1. The predicted molar refractivity (Wildman–Crippen MR) is 92.9 cm³/mol. The normalized spacial score (nSPS) is 44.0. The number of allylic oxidation sites excluding steroid dienone is 1. The van der Waals surface area contributed by atoms with E-state index in [2.05, 4.69) is 36.1 Å². The number of nitrogens with zero attached hydrogens (tertiary/aromatic N) is 2. The number of anilines is 1. The second-order valence-corrected chi connectivity index (χ2v) is 7.86. The number of aliphatic hydroxyl groups is 1. The molecule has 0 radical (unpaired) electrons. The summed E-state index contributed by atoms with van der Waals surface area (Å²) in [6, 6.07) is 8.90. The Morgan fingerprint density at radius 1 is 1.38 bits per heavy atom. The molecule has 0 aliphatic carbocycles. The molecule has 5 aliphatic heterocycles. The lowest BCUT2D eigenvalue weighted by Crippen LogP contribution is -2.59. The monoisotopic (exact) mass is 324 g/mol. The van der Waals surface area contributed by atoms with Gasteiger partial charge in [-0.1, -0.05) is 29.8 Å². The number of carbonyl (C=O) groups excluding carboxylic acids is 1. The maximum Gasteiger partial charge on any atom is 0.239 e. The molecule has 4 fully saturated rings. The fourth-order valence-electron chi connectivity index (χ4n) is 6.24. The van der Waals surface area contributed by atoms with E-state index in [4.69, 9.17) is 0 Å². The number of fused-ring (bicyclic) bond motifs is 3. The first-order chi connectivity index (χ1) is 11.6. The Balaban J connectivity index is 1.68. The number of carbonyl (C=O) groups is 1. The van der Waals surface area contributed by atoms with Gasteiger partial charge in [-0.3, -0.25) is 9.69 Å². The Labute approximate surface area is 142 Å². The minimum absolute atomic E-state index is 0.220. The average molecular weight is 324 g/mol. The highest BCUT2D eigenvalue weighted by atomic mass is 16.3. The third kappa shape index (κ3) is 1.46. The van der Waals surface area contributed by atoms with Crippen molar-refractivity contribution in [3.63, 3.8) is 0 Å². The van der Waals surface area contributed by atoms with Gasteiger partial charge in [0.2, 0.25) is 5.91 Å². The lowest BCUT2D eigenvalue weighted by Gasteiger charge is -2.52. The van der Waals surface area contributed by atoms with Gasteiger partial charge in [0.15, 0.2) is 0 Å². The first-order valence-electron chi connectivity index (χ1n) is 9.02. The van der Waals surface area contributed by atoms with Gasteiger partial charge in [-0.25, -0.2) is 0 Å². The Morgan fingerprint density at radius 2 is 2.17 bits per heavy atom. The Hall–Kier alpha value is -1.65. The van der Waals surface area contributed by atoms with E-state index < -0.39 is 5.41 Å². The molecule has 5 aliphatic rings. The summed E-state index contributed by atoms with van der Waals surface area (Å²) in [6.07, 6.45) is 4.08. The van der Waals surface area contributed by atoms with Gasteiger partial charge in [-0.05, 0) is 37.3 Å². The number of benzene rings is 1. The Morgan fingerprint density at radius 3 is 2.92 bits per heavy atom. The van der Waals surface area contributed by atoms with Crippen molar-refractivity contribution in [1.29, 1.82) is 0 Å². The van der Waals surface area contributed by atoms with Crippen molar-refractivity contribution in [2.24, 2.45) is 11.8 Å². The summed E-state index contributed by atoms with van der Waals surface area (Å²) < 4.78 is 0. The molecule has 4 bridgehead atoms. The van der Waals surface area contributed by atoms with E-state index in [1.54, 1.807) is 0 Å². The van der Waals surface area contributed by atoms with E-state index >= 15 is 0 Å². The molecule has 4 heteroatoms. The van der Waals surface area contributed by atoms with Crippen LogP contribution < -0.4 is 4.90 Å². The van der Waals surface area contributed by atoms with Crippen molar-refractivity contribution in [1.82, 2.24) is 4.90 Å². The Kier molecular flexibility index (Phi) is 2.88. The van der Waals surface area contributed by atoms with Crippen molar-refractivity contribution in [2.45, 2.75) is 37.3 Å². The minimum atomic E-state index is -0.405. The van der Waals surface area contributed by atoms with Crippen LogP contribution in [0.4, 0.5) is 5.69 Å². The highest BCUT2D eigenvalue weighted by molar-refractivity contribution is 6.08. The van der Waals surface area contributed by atoms with E-state index in [1.165, 1.54) is 11.1 Å². The van der Waals surface area contributed by atoms with Crippen molar-refractivity contribution in [3.8, 4) is 0 Å². The molecule has 1 aromatic rings. The smallest absolute Gasteiger partial charge is 0.239 e. The molecule has 6 atom stereocenters. The summed E-state index contributed by atoms with van der Waals surface area (Å²) in [4.78, 5) is 17.8. The zero-order valence-corrected chi connectivity index (χ0v) is 14.3. The number of aliphatic hydroxyl groups excluding tert-OH is 1. The molecule has 0 aromatic heterocycles. The number of hydrogen-bond acceptors (Lipinski definition) is 3. The van der Waals surface area contributed by atoms with Crippen molar-refractivity contribution in [3.05, 3.63) is 41.5 Å². The molecular weight excluding hydrogens is 300 g/mol. The summed E-state index contributed by atoms with van der Waals surface area (Å²) in [5, 5.41) is 10.0. The molecular formula is C20H24N2O2. The van der Waals surface area contributed by atoms with Crippen LogP contribution in [-0.4, -0.2) is 48.2 Å². The summed E-state index contributed by atoms with van der Waals surface area (Å²) >= 11 is 0. The summed E-state index contributed by atoms with van der Waals surface area (Å²) in [5.41, 5.74) is 3.32. The summed E-state index contributed by atoms with van der Waals surface area (Å²) in [7, 11) is 1.91. The number of para-hydroxylation sites is 1. The second kappa shape index (κ2) is 4.70. The zero-order chi connectivity index (χ0) is 16.6. The molecule has 1 N–H and O–H groups in total. The number of piperidine rings is 3. The molecule has 1 spiro atoms. The quantitative estimate of drug-likeness (QED) is 0.803. The first-order valence-corrected chi connectivity index (χ1v) is 9.02. The van der Waals surface area contributed by atoms with Gasteiger partial charge < -0.3 is 10.0 Å². The van der Waals surface area contributed by atoms with Crippen molar-refractivity contribution in [2.75, 3.05) is 25.1 Å².